The third-order valence-corrected chi connectivity index (χ3v) is 6.22. The number of halogens is 1. The first-order valence-electron chi connectivity index (χ1n) is 9.56. The maximum atomic E-state index is 11.4. The summed E-state index contributed by atoms with van der Waals surface area (Å²) in [5, 5.41) is 17.8. The van der Waals surface area contributed by atoms with Crippen molar-refractivity contribution in [3.63, 3.8) is 0 Å². The molecule has 3 rings (SSSR count). The maximum absolute atomic E-state index is 11.4. The van der Waals surface area contributed by atoms with Crippen LogP contribution in [0.3, 0.4) is 0 Å². The van der Waals surface area contributed by atoms with Crippen LogP contribution in [-0.2, 0) is 6.54 Å². The standard InChI is InChI=1S/C19H25BrN6O2/c1-12-14(3-2-4-16(12)20)10-23-19-24-11-17(26(27)28)18(25-19)22-9-13-5-7-15(21)8-6-13/h2-4,11,13,15H,5-10,21H2,1H3,(H2,22,23,24,25)/p+2. The fourth-order valence-electron chi connectivity index (χ4n) is 3.47. The largest absolute Gasteiger partial charge is 0.392 e. The van der Waals surface area contributed by atoms with Crippen LogP contribution in [0.25, 0.3) is 0 Å². The van der Waals surface area contributed by atoms with E-state index in [9.17, 15) is 10.1 Å². The third kappa shape index (κ3) is 5.17. The number of benzene rings is 1. The average molecular weight is 451 g/mol. The van der Waals surface area contributed by atoms with Crippen molar-refractivity contribution >= 4 is 33.4 Å². The number of rotatable bonds is 7. The van der Waals surface area contributed by atoms with Gasteiger partial charge < -0.3 is 11.1 Å². The molecule has 6 N–H and O–H groups in total. The molecular weight excluding hydrogens is 424 g/mol. The highest BCUT2D eigenvalue weighted by molar-refractivity contribution is 9.10. The number of quaternary nitrogens is 1. The van der Waals surface area contributed by atoms with Crippen LogP contribution in [0.2, 0.25) is 0 Å². The molecule has 1 aliphatic rings. The molecule has 0 radical (unpaired) electrons. The number of H-pyrrole nitrogens is 1. The SMILES string of the molecule is Cc1c(Br)cccc1CNc1nc(NCC2CCC([NH3+])CC2)c([N+](=O)[O-])c[nH+]1. The minimum absolute atomic E-state index is 0.0463. The Labute approximate surface area is 172 Å². The quantitative estimate of drug-likeness (QED) is 0.442. The van der Waals surface area contributed by atoms with Crippen molar-refractivity contribution in [2.45, 2.75) is 45.2 Å². The van der Waals surface area contributed by atoms with Crippen LogP contribution in [-0.4, -0.2) is 22.5 Å². The fraction of sp³-hybridized carbons (Fsp3) is 0.474. The molecule has 0 bridgehead atoms. The van der Waals surface area contributed by atoms with Gasteiger partial charge in [-0.15, -0.1) is 0 Å². The van der Waals surface area contributed by atoms with Crippen molar-refractivity contribution < 1.29 is 15.6 Å². The molecule has 0 aliphatic heterocycles. The summed E-state index contributed by atoms with van der Waals surface area (Å²) in [7, 11) is 0. The van der Waals surface area contributed by atoms with Crippen molar-refractivity contribution in [2.75, 3.05) is 17.2 Å². The summed E-state index contributed by atoms with van der Waals surface area (Å²) < 4.78 is 1.05. The van der Waals surface area contributed by atoms with Crippen molar-refractivity contribution in [3.8, 4) is 0 Å². The molecule has 0 unspecified atom stereocenters. The zero-order chi connectivity index (χ0) is 20.1. The van der Waals surface area contributed by atoms with E-state index in [0.717, 1.165) is 41.3 Å². The first-order valence-corrected chi connectivity index (χ1v) is 10.3. The van der Waals surface area contributed by atoms with E-state index >= 15 is 0 Å². The molecule has 0 amide bonds. The molecule has 0 saturated heterocycles. The van der Waals surface area contributed by atoms with Gasteiger partial charge in [0.1, 0.15) is 6.20 Å². The predicted molar refractivity (Wildman–Crippen MR) is 111 cm³/mol. The second-order valence-corrected chi connectivity index (χ2v) is 8.24. The second kappa shape index (κ2) is 9.29. The summed E-state index contributed by atoms with van der Waals surface area (Å²) in [5.41, 5.74) is 6.35. The Morgan fingerprint density at radius 2 is 2.07 bits per heavy atom. The first-order chi connectivity index (χ1) is 13.4. The fourth-order valence-corrected chi connectivity index (χ4v) is 3.87. The molecule has 9 heteroatoms. The molecule has 1 aromatic carbocycles. The summed E-state index contributed by atoms with van der Waals surface area (Å²) in [6.07, 6.45) is 5.81. The molecule has 0 spiro atoms. The number of nitrogens with one attached hydrogen (secondary N) is 3. The molecule has 150 valence electrons. The predicted octanol–water partition coefficient (Wildman–Crippen LogP) is 2.70. The van der Waals surface area contributed by atoms with Crippen LogP contribution in [0, 0.1) is 23.0 Å². The van der Waals surface area contributed by atoms with Crippen LogP contribution in [0.5, 0.6) is 0 Å². The van der Waals surface area contributed by atoms with E-state index in [0.29, 0.717) is 36.8 Å². The molecule has 2 aromatic rings. The number of anilines is 2. The molecule has 1 saturated carbocycles. The Balaban J connectivity index is 1.68. The highest BCUT2D eigenvalue weighted by Gasteiger charge is 2.25. The lowest BCUT2D eigenvalue weighted by Crippen LogP contribution is -2.61. The Hall–Kier alpha value is -2.26. The van der Waals surface area contributed by atoms with Gasteiger partial charge in [0.25, 0.3) is 5.82 Å². The average Bonchev–Trinajstić information content (AvgIpc) is 2.68. The van der Waals surface area contributed by atoms with E-state index < -0.39 is 4.92 Å². The van der Waals surface area contributed by atoms with E-state index in [1.807, 2.05) is 25.1 Å². The number of nitro groups is 1. The molecule has 1 heterocycles. The highest BCUT2D eigenvalue weighted by Crippen LogP contribution is 2.26. The Bertz CT molecular complexity index is 839. The molecule has 0 atom stereocenters. The van der Waals surface area contributed by atoms with Crippen molar-refractivity contribution in [1.82, 2.24) is 4.98 Å². The smallest absolute Gasteiger partial charge is 0.355 e. The van der Waals surface area contributed by atoms with E-state index in [-0.39, 0.29) is 5.69 Å². The van der Waals surface area contributed by atoms with Crippen LogP contribution in [0.4, 0.5) is 17.5 Å². The molecular formula is C19H27BrN6O2+2. The third-order valence-electron chi connectivity index (χ3n) is 5.36. The number of aromatic amines is 1. The lowest BCUT2D eigenvalue weighted by molar-refractivity contribution is -0.426. The van der Waals surface area contributed by atoms with E-state index in [4.69, 9.17) is 0 Å². The molecule has 1 aromatic heterocycles. The second-order valence-electron chi connectivity index (χ2n) is 7.39. The van der Waals surface area contributed by atoms with E-state index in [1.165, 1.54) is 6.20 Å². The van der Waals surface area contributed by atoms with E-state index in [2.05, 4.69) is 42.3 Å². The minimum atomic E-state index is -0.416. The van der Waals surface area contributed by atoms with Gasteiger partial charge in [-0.1, -0.05) is 28.1 Å². The van der Waals surface area contributed by atoms with Gasteiger partial charge in [0.2, 0.25) is 0 Å². The first kappa shape index (κ1) is 20.5. The van der Waals surface area contributed by atoms with Gasteiger partial charge in [-0.05, 0) is 60.7 Å². The van der Waals surface area contributed by atoms with Gasteiger partial charge >= 0.3 is 11.6 Å². The number of aromatic nitrogens is 2. The zero-order valence-electron chi connectivity index (χ0n) is 16.0. The Morgan fingerprint density at radius 1 is 1.32 bits per heavy atom. The monoisotopic (exact) mass is 450 g/mol. The van der Waals surface area contributed by atoms with Crippen LogP contribution in [0.1, 0.15) is 36.8 Å². The molecule has 8 nitrogen and oxygen atoms in total. The van der Waals surface area contributed by atoms with Crippen LogP contribution < -0.4 is 21.4 Å². The van der Waals surface area contributed by atoms with Gasteiger partial charge in [-0.2, -0.15) is 0 Å². The van der Waals surface area contributed by atoms with Crippen molar-refractivity contribution in [3.05, 3.63) is 50.1 Å². The van der Waals surface area contributed by atoms with Gasteiger partial charge in [-0.3, -0.25) is 15.4 Å². The minimum Gasteiger partial charge on any atom is -0.355 e. The summed E-state index contributed by atoms with van der Waals surface area (Å²) in [6, 6.07) is 6.55. The summed E-state index contributed by atoms with van der Waals surface area (Å²) in [6.45, 7) is 3.30. The zero-order valence-corrected chi connectivity index (χ0v) is 17.6. The summed E-state index contributed by atoms with van der Waals surface area (Å²) >= 11 is 3.53. The van der Waals surface area contributed by atoms with Crippen LogP contribution >= 0.6 is 15.9 Å². The van der Waals surface area contributed by atoms with Gasteiger partial charge in [-0.25, -0.2) is 4.98 Å². The van der Waals surface area contributed by atoms with E-state index in [1.54, 1.807) is 0 Å². The van der Waals surface area contributed by atoms with Crippen LogP contribution in [0.15, 0.2) is 28.9 Å². The normalized spacial score (nSPS) is 19.2. The molecule has 28 heavy (non-hydrogen) atoms. The summed E-state index contributed by atoms with van der Waals surface area (Å²) in [4.78, 5) is 18.2. The maximum Gasteiger partial charge on any atom is 0.392 e. The lowest BCUT2D eigenvalue weighted by Gasteiger charge is -2.24. The number of nitrogens with zero attached hydrogens (tertiary/aromatic N) is 2. The Morgan fingerprint density at radius 3 is 2.79 bits per heavy atom. The highest BCUT2D eigenvalue weighted by atomic mass is 79.9. The number of hydrogen-bond donors (Lipinski definition) is 3. The van der Waals surface area contributed by atoms with Gasteiger partial charge in [0.15, 0.2) is 0 Å². The number of hydrogen-bond acceptors (Lipinski definition) is 5. The summed E-state index contributed by atoms with van der Waals surface area (Å²) in [5.74, 6) is 1.30. The van der Waals surface area contributed by atoms with Gasteiger partial charge in [0.05, 0.1) is 17.5 Å². The van der Waals surface area contributed by atoms with Crippen molar-refractivity contribution in [1.29, 1.82) is 0 Å². The Kier molecular flexibility index (Phi) is 6.79. The topological polar surface area (TPSA) is 122 Å². The molecule has 1 fully saturated rings. The molecule has 1 aliphatic carbocycles. The van der Waals surface area contributed by atoms with Gasteiger partial charge in [0, 0.05) is 11.0 Å². The van der Waals surface area contributed by atoms with Crippen molar-refractivity contribution in [2.24, 2.45) is 5.92 Å². The lowest BCUT2D eigenvalue weighted by atomic mass is 9.86.